The van der Waals surface area contributed by atoms with Crippen LogP contribution >= 0.6 is 31.9 Å². The van der Waals surface area contributed by atoms with Crippen molar-refractivity contribution < 1.29 is 0 Å². The minimum absolute atomic E-state index is 0.265. The SMILES string of the molecule is BrC1=CC=C2C(=Cc3ccc(Br)cc32)C12C=CC=C1C2=Cc2ccccc21. The average Bonchev–Trinajstić information content (AvgIpc) is 3.24. The van der Waals surface area contributed by atoms with Crippen molar-refractivity contribution in [1.82, 2.24) is 0 Å². The van der Waals surface area contributed by atoms with Gasteiger partial charge in [-0.25, -0.2) is 0 Å². The van der Waals surface area contributed by atoms with Gasteiger partial charge in [0, 0.05) is 8.96 Å². The molecule has 27 heavy (non-hydrogen) atoms. The van der Waals surface area contributed by atoms with Crippen LogP contribution in [-0.4, -0.2) is 0 Å². The van der Waals surface area contributed by atoms with Gasteiger partial charge in [0.05, 0.1) is 5.41 Å². The molecule has 0 amide bonds. The first-order valence-electron chi connectivity index (χ1n) is 9.00. The van der Waals surface area contributed by atoms with Crippen LogP contribution in [0.5, 0.6) is 0 Å². The number of benzene rings is 2. The van der Waals surface area contributed by atoms with Crippen molar-refractivity contribution >= 4 is 55.2 Å². The largest absolute Gasteiger partial charge is 0.0713 e. The smallest absolute Gasteiger partial charge is 0.0646 e. The highest BCUT2D eigenvalue weighted by Gasteiger charge is 2.47. The van der Waals surface area contributed by atoms with E-state index in [1.807, 2.05) is 0 Å². The van der Waals surface area contributed by atoms with E-state index in [1.165, 1.54) is 49.0 Å². The highest BCUT2D eigenvalue weighted by molar-refractivity contribution is 9.11. The highest BCUT2D eigenvalue weighted by atomic mass is 79.9. The van der Waals surface area contributed by atoms with Gasteiger partial charge in [-0.1, -0.05) is 86.5 Å². The first-order chi connectivity index (χ1) is 13.2. The maximum absolute atomic E-state index is 3.93. The number of allylic oxidation sites excluding steroid dienone is 10. The molecule has 2 aromatic carbocycles. The molecule has 0 N–H and O–H groups in total. The Balaban J connectivity index is 1.61. The number of hydrogen-bond donors (Lipinski definition) is 0. The maximum Gasteiger partial charge on any atom is 0.0713 e. The van der Waals surface area contributed by atoms with Crippen molar-refractivity contribution in [2.24, 2.45) is 5.41 Å². The second-order valence-electron chi connectivity index (χ2n) is 7.28. The number of halogens is 2. The van der Waals surface area contributed by atoms with Gasteiger partial charge >= 0.3 is 0 Å². The van der Waals surface area contributed by atoms with Gasteiger partial charge in [-0.2, -0.15) is 0 Å². The molecule has 0 fully saturated rings. The van der Waals surface area contributed by atoms with E-state index in [9.17, 15) is 0 Å². The van der Waals surface area contributed by atoms with E-state index in [4.69, 9.17) is 0 Å². The van der Waals surface area contributed by atoms with E-state index in [0.29, 0.717) is 0 Å². The lowest BCUT2D eigenvalue weighted by Gasteiger charge is -2.39. The second kappa shape index (κ2) is 5.43. The minimum Gasteiger partial charge on any atom is -0.0646 e. The zero-order chi connectivity index (χ0) is 18.2. The van der Waals surface area contributed by atoms with Gasteiger partial charge in [0.1, 0.15) is 0 Å². The third kappa shape index (κ3) is 1.98. The summed E-state index contributed by atoms with van der Waals surface area (Å²) in [4.78, 5) is 0. The van der Waals surface area contributed by atoms with Crippen LogP contribution in [0.1, 0.15) is 22.3 Å². The summed E-state index contributed by atoms with van der Waals surface area (Å²) in [6.45, 7) is 0. The Kier molecular flexibility index (Phi) is 3.19. The Morgan fingerprint density at radius 3 is 2.30 bits per heavy atom. The molecular formula is C25H14Br2. The third-order valence-electron chi connectivity index (χ3n) is 5.97. The molecule has 0 aromatic heterocycles. The average molecular weight is 474 g/mol. The van der Waals surface area contributed by atoms with Gasteiger partial charge in [-0.15, -0.1) is 0 Å². The van der Waals surface area contributed by atoms with Gasteiger partial charge in [-0.05, 0) is 74.9 Å². The Morgan fingerprint density at radius 2 is 1.44 bits per heavy atom. The summed E-state index contributed by atoms with van der Waals surface area (Å²) in [7, 11) is 0. The van der Waals surface area contributed by atoms with Crippen LogP contribution in [0, 0.1) is 5.41 Å². The molecule has 1 spiro atoms. The van der Waals surface area contributed by atoms with Crippen LogP contribution in [-0.2, 0) is 0 Å². The molecular weight excluding hydrogens is 460 g/mol. The monoisotopic (exact) mass is 472 g/mol. The second-order valence-corrected chi connectivity index (χ2v) is 9.05. The van der Waals surface area contributed by atoms with Crippen molar-refractivity contribution in [3.8, 4) is 0 Å². The zero-order valence-corrected chi connectivity index (χ0v) is 17.5. The van der Waals surface area contributed by atoms with E-state index in [-0.39, 0.29) is 5.41 Å². The number of fused-ring (bicyclic) bond motifs is 8. The predicted molar refractivity (Wildman–Crippen MR) is 121 cm³/mol. The number of hydrogen-bond acceptors (Lipinski definition) is 0. The molecule has 0 aliphatic heterocycles. The summed E-state index contributed by atoms with van der Waals surface area (Å²) in [6, 6.07) is 15.2. The van der Waals surface area contributed by atoms with Crippen molar-refractivity contribution in [3.63, 3.8) is 0 Å². The van der Waals surface area contributed by atoms with Gasteiger partial charge in [0.2, 0.25) is 0 Å². The first kappa shape index (κ1) is 15.9. The third-order valence-corrected chi connectivity index (χ3v) is 7.35. The molecule has 0 heterocycles. The minimum atomic E-state index is -0.265. The molecule has 0 radical (unpaired) electrons. The summed E-state index contributed by atoms with van der Waals surface area (Å²) in [5, 5.41) is 0. The topological polar surface area (TPSA) is 0 Å². The summed E-state index contributed by atoms with van der Waals surface area (Å²) in [6.07, 6.45) is 16.0. The Morgan fingerprint density at radius 1 is 0.704 bits per heavy atom. The molecule has 2 aromatic rings. The van der Waals surface area contributed by atoms with Crippen molar-refractivity contribution in [1.29, 1.82) is 0 Å². The van der Waals surface area contributed by atoms with Crippen LogP contribution in [0.4, 0.5) is 0 Å². The molecule has 1 unspecified atom stereocenters. The van der Waals surface area contributed by atoms with Gasteiger partial charge in [0.25, 0.3) is 0 Å². The molecule has 4 aliphatic rings. The summed E-state index contributed by atoms with van der Waals surface area (Å²) < 4.78 is 2.31. The fourth-order valence-corrected chi connectivity index (χ4v) is 5.81. The maximum atomic E-state index is 3.93. The van der Waals surface area contributed by atoms with E-state index in [0.717, 1.165) is 4.47 Å². The van der Waals surface area contributed by atoms with E-state index in [2.05, 4.69) is 117 Å². The van der Waals surface area contributed by atoms with Crippen LogP contribution in [0.25, 0.3) is 23.3 Å². The quantitative estimate of drug-likeness (QED) is 0.370. The molecule has 2 heteroatoms. The van der Waals surface area contributed by atoms with E-state index < -0.39 is 0 Å². The molecule has 6 rings (SSSR count). The highest BCUT2D eigenvalue weighted by Crippen LogP contribution is 2.62. The van der Waals surface area contributed by atoms with Gasteiger partial charge in [0.15, 0.2) is 0 Å². The van der Waals surface area contributed by atoms with Crippen LogP contribution in [0.15, 0.2) is 92.9 Å². The molecule has 0 nitrogen and oxygen atoms in total. The Labute approximate surface area is 175 Å². The lowest BCUT2D eigenvalue weighted by molar-refractivity contribution is 0.743. The number of rotatable bonds is 0. The van der Waals surface area contributed by atoms with Gasteiger partial charge < -0.3 is 0 Å². The first-order valence-corrected chi connectivity index (χ1v) is 10.6. The fourth-order valence-electron chi connectivity index (χ4n) is 4.76. The molecule has 0 saturated carbocycles. The van der Waals surface area contributed by atoms with E-state index in [1.54, 1.807) is 0 Å². The Bertz CT molecular complexity index is 1230. The molecule has 4 aliphatic carbocycles. The standard InChI is InChI=1S/C25H14Br2/c26-17-8-7-16-13-23-20(21(16)14-17)9-10-24(27)25(23)11-3-6-19-18-5-2-1-4-15(18)12-22(19)25/h1-14H. The summed E-state index contributed by atoms with van der Waals surface area (Å²) >= 11 is 7.57. The lowest BCUT2D eigenvalue weighted by atomic mass is 9.65. The van der Waals surface area contributed by atoms with Crippen molar-refractivity contribution in [3.05, 3.63) is 115 Å². The summed E-state index contributed by atoms with van der Waals surface area (Å²) in [5.41, 5.74) is 10.3. The van der Waals surface area contributed by atoms with E-state index >= 15 is 0 Å². The predicted octanol–water partition coefficient (Wildman–Crippen LogP) is 7.56. The fraction of sp³-hybridized carbons (Fsp3) is 0.0400. The zero-order valence-electron chi connectivity index (χ0n) is 14.3. The normalized spacial score (nSPS) is 23.6. The van der Waals surface area contributed by atoms with Crippen LogP contribution in [0.3, 0.4) is 0 Å². The molecule has 0 saturated heterocycles. The van der Waals surface area contributed by atoms with Crippen LogP contribution < -0.4 is 0 Å². The van der Waals surface area contributed by atoms with Gasteiger partial charge in [-0.3, -0.25) is 0 Å². The summed E-state index contributed by atoms with van der Waals surface area (Å²) in [5.74, 6) is 0. The van der Waals surface area contributed by atoms with Crippen LogP contribution in [0.2, 0.25) is 0 Å². The molecule has 0 bridgehead atoms. The lowest BCUT2D eigenvalue weighted by Crippen LogP contribution is -2.27. The van der Waals surface area contributed by atoms with Crippen molar-refractivity contribution in [2.75, 3.05) is 0 Å². The van der Waals surface area contributed by atoms with Crippen molar-refractivity contribution in [2.45, 2.75) is 0 Å². The molecule has 128 valence electrons. The Hall–Kier alpha value is -2.16. The molecule has 1 atom stereocenters.